The number of aromatic nitrogens is 4. The van der Waals surface area contributed by atoms with Crippen LogP contribution in [0.2, 0.25) is 0 Å². The Kier molecular flexibility index (Phi) is 7.41. The molecule has 0 saturated carbocycles. The van der Waals surface area contributed by atoms with Crippen molar-refractivity contribution in [2.75, 3.05) is 7.11 Å². The molecule has 0 saturated heterocycles. The van der Waals surface area contributed by atoms with Crippen molar-refractivity contribution in [1.82, 2.24) is 19.6 Å². The first-order valence-electron chi connectivity index (χ1n) is 11.1. The van der Waals surface area contributed by atoms with Gasteiger partial charge in [0.25, 0.3) is 6.43 Å². The molecule has 0 bridgehead atoms. The Morgan fingerprint density at radius 3 is 2.42 bits per heavy atom. The van der Waals surface area contributed by atoms with Gasteiger partial charge in [0.2, 0.25) is 0 Å². The minimum absolute atomic E-state index is 0.183. The molecule has 1 atom stereocenters. The molecule has 2 aromatic carbocycles. The van der Waals surface area contributed by atoms with Crippen LogP contribution in [0.4, 0.5) is 13.2 Å². The molecular weight excluding hydrogens is 471 g/mol. The van der Waals surface area contributed by atoms with E-state index in [2.05, 4.69) is 10.2 Å². The van der Waals surface area contributed by atoms with Gasteiger partial charge in [-0.25, -0.2) is 17.9 Å². The number of rotatable bonds is 9. The van der Waals surface area contributed by atoms with Crippen molar-refractivity contribution in [3.8, 4) is 17.5 Å². The topological polar surface area (TPSA) is 77.9 Å². The monoisotopic (exact) mass is 495 g/mol. The lowest BCUT2D eigenvalue weighted by atomic mass is 10.1. The van der Waals surface area contributed by atoms with Crippen molar-refractivity contribution in [2.24, 2.45) is 7.05 Å². The first kappa shape index (κ1) is 25.0. The predicted octanol–water partition coefficient (Wildman–Crippen LogP) is 5.43. The SMILES string of the molecule is COc1ccc(CO[C@H](C)c2cc(F)ccc2-n2nc(C(F)F)cc2Cc2cc(C#N)nn2C)cc1. The van der Waals surface area contributed by atoms with Crippen LogP contribution < -0.4 is 4.74 Å². The lowest BCUT2D eigenvalue weighted by Crippen LogP contribution is -2.11. The number of nitrogens with zero attached hydrogens (tertiary/aromatic N) is 5. The largest absolute Gasteiger partial charge is 0.497 e. The van der Waals surface area contributed by atoms with Crippen LogP contribution in [-0.2, 0) is 24.8 Å². The number of alkyl halides is 2. The number of aryl methyl sites for hydroxylation is 1. The summed E-state index contributed by atoms with van der Waals surface area (Å²) in [6.07, 6.45) is -3.19. The van der Waals surface area contributed by atoms with Crippen LogP contribution in [-0.4, -0.2) is 26.7 Å². The molecule has 0 aliphatic rings. The average Bonchev–Trinajstić information content (AvgIpc) is 3.46. The predicted molar refractivity (Wildman–Crippen MR) is 125 cm³/mol. The fourth-order valence-electron chi connectivity index (χ4n) is 3.87. The molecule has 2 heterocycles. The second-order valence-electron chi connectivity index (χ2n) is 8.21. The molecule has 0 unspecified atom stereocenters. The van der Waals surface area contributed by atoms with E-state index in [0.717, 1.165) is 11.3 Å². The van der Waals surface area contributed by atoms with Crippen LogP contribution >= 0.6 is 0 Å². The lowest BCUT2D eigenvalue weighted by molar-refractivity contribution is 0.0522. The molecule has 0 aliphatic heterocycles. The van der Waals surface area contributed by atoms with Gasteiger partial charge in [-0.2, -0.15) is 15.5 Å². The summed E-state index contributed by atoms with van der Waals surface area (Å²) < 4.78 is 55.6. The van der Waals surface area contributed by atoms with Crippen LogP contribution in [0, 0.1) is 17.1 Å². The second-order valence-corrected chi connectivity index (χ2v) is 8.21. The lowest BCUT2D eigenvalue weighted by Gasteiger charge is -2.19. The van der Waals surface area contributed by atoms with Gasteiger partial charge in [0, 0.05) is 24.7 Å². The van der Waals surface area contributed by atoms with Crippen molar-refractivity contribution >= 4 is 0 Å². The van der Waals surface area contributed by atoms with Crippen LogP contribution in [0.15, 0.2) is 54.6 Å². The Morgan fingerprint density at radius 1 is 1.03 bits per heavy atom. The molecule has 0 N–H and O–H groups in total. The quantitative estimate of drug-likeness (QED) is 0.309. The van der Waals surface area contributed by atoms with Gasteiger partial charge in [-0.3, -0.25) is 4.68 Å². The van der Waals surface area contributed by atoms with Gasteiger partial charge in [-0.1, -0.05) is 12.1 Å². The summed E-state index contributed by atoms with van der Waals surface area (Å²) in [4.78, 5) is 0. The number of hydrogen-bond donors (Lipinski definition) is 0. The van der Waals surface area contributed by atoms with Gasteiger partial charge < -0.3 is 9.47 Å². The summed E-state index contributed by atoms with van der Waals surface area (Å²) in [5, 5.41) is 17.3. The molecule has 0 spiro atoms. The van der Waals surface area contributed by atoms with Crippen molar-refractivity contribution in [2.45, 2.75) is 32.5 Å². The van der Waals surface area contributed by atoms with Crippen LogP contribution in [0.3, 0.4) is 0 Å². The number of nitriles is 1. The highest BCUT2D eigenvalue weighted by Gasteiger charge is 2.22. The molecule has 36 heavy (non-hydrogen) atoms. The van der Waals surface area contributed by atoms with Crippen molar-refractivity contribution in [1.29, 1.82) is 5.26 Å². The number of halogens is 3. The molecule has 4 rings (SSSR count). The highest BCUT2D eigenvalue weighted by Crippen LogP contribution is 2.30. The number of ether oxygens (including phenoxy) is 2. The average molecular weight is 496 g/mol. The Bertz CT molecular complexity index is 1390. The smallest absolute Gasteiger partial charge is 0.282 e. The maximum absolute atomic E-state index is 14.3. The van der Waals surface area contributed by atoms with Crippen molar-refractivity contribution in [3.05, 3.63) is 94.3 Å². The molecule has 186 valence electrons. The fourth-order valence-corrected chi connectivity index (χ4v) is 3.87. The number of benzene rings is 2. The summed E-state index contributed by atoms with van der Waals surface area (Å²) in [6, 6.07) is 16.3. The molecule has 7 nitrogen and oxygen atoms in total. The number of hydrogen-bond acceptors (Lipinski definition) is 5. The number of methoxy groups -OCH3 is 1. The highest BCUT2D eigenvalue weighted by atomic mass is 19.3. The third-order valence-corrected chi connectivity index (χ3v) is 5.79. The molecule has 0 aliphatic carbocycles. The normalized spacial score (nSPS) is 12.1. The van der Waals surface area contributed by atoms with E-state index in [1.165, 1.54) is 33.6 Å². The standard InChI is InChI=1S/C26H24F3N5O2/c1-16(36-15-17-4-7-22(35-3)8-5-17)23-10-18(27)6-9-25(23)34-21(13-24(32-34)26(28)29)12-20-11-19(14-30)31-33(20)2/h4-11,13,16,26H,12,15H2,1-3H3/t16-/m1/s1. The summed E-state index contributed by atoms with van der Waals surface area (Å²) >= 11 is 0. The van der Waals surface area contributed by atoms with Crippen LogP contribution in [0.1, 0.15) is 53.4 Å². The maximum Gasteiger partial charge on any atom is 0.282 e. The van der Waals surface area contributed by atoms with E-state index in [0.29, 0.717) is 22.6 Å². The zero-order chi connectivity index (χ0) is 25.8. The third kappa shape index (κ3) is 5.42. The fraction of sp³-hybridized carbons (Fsp3) is 0.269. The molecule has 2 aromatic heterocycles. The van der Waals surface area contributed by atoms with E-state index in [-0.39, 0.29) is 18.7 Å². The van der Waals surface area contributed by atoms with E-state index in [9.17, 15) is 13.2 Å². The minimum Gasteiger partial charge on any atom is -0.497 e. The Hall–Kier alpha value is -4.10. The van der Waals surface area contributed by atoms with E-state index in [1.807, 2.05) is 30.3 Å². The first-order valence-corrected chi connectivity index (χ1v) is 11.1. The van der Waals surface area contributed by atoms with E-state index < -0.39 is 24.0 Å². The van der Waals surface area contributed by atoms with Crippen molar-refractivity contribution < 1.29 is 22.6 Å². The molecule has 10 heteroatoms. The molecule has 4 aromatic rings. The Balaban J connectivity index is 1.68. The second kappa shape index (κ2) is 10.7. The van der Waals surface area contributed by atoms with Crippen LogP contribution in [0.25, 0.3) is 5.69 Å². The molecule has 0 radical (unpaired) electrons. The summed E-state index contributed by atoms with van der Waals surface area (Å²) in [5.74, 6) is 0.234. The third-order valence-electron chi connectivity index (χ3n) is 5.79. The molecular formula is C26H24F3N5O2. The van der Waals surface area contributed by atoms with Gasteiger partial charge in [0.15, 0.2) is 5.69 Å². The zero-order valence-corrected chi connectivity index (χ0v) is 20.0. The minimum atomic E-state index is -2.79. The van der Waals surface area contributed by atoms with Gasteiger partial charge in [0.1, 0.15) is 23.3 Å². The van der Waals surface area contributed by atoms with Crippen molar-refractivity contribution in [3.63, 3.8) is 0 Å². The van der Waals surface area contributed by atoms with Crippen LogP contribution in [0.5, 0.6) is 5.75 Å². The Morgan fingerprint density at radius 2 is 1.78 bits per heavy atom. The van der Waals surface area contributed by atoms with E-state index in [4.69, 9.17) is 14.7 Å². The zero-order valence-electron chi connectivity index (χ0n) is 20.0. The van der Waals surface area contributed by atoms with Gasteiger partial charge in [-0.05, 0) is 55.0 Å². The maximum atomic E-state index is 14.3. The Labute approximate surface area is 206 Å². The highest BCUT2D eigenvalue weighted by molar-refractivity contribution is 5.44. The summed E-state index contributed by atoms with van der Waals surface area (Å²) in [6.45, 7) is 2.01. The van der Waals surface area contributed by atoms with Gasteiger partial charge >= 0.3 is 0 Å². The summed E-state index contributed by atoms with van der Waals surface area (Å²) in [7, 11) is 3.25. The van der Waals surface area contributed by atoms with Gasteiger partial charge in [-0.15, -0.1) is 0 Å². The van der Waals surface area contributed by atoms with E-state index in [1.54, 1.807) is 27.1 Å². The first-order chi connectivity index (χ1) is 17.3. The summed E-state index contributed by atoms with van der Waals surface area (Å²) in [5.41, 5.74) is 2.66. The van der Waals surface area contributed by atoms with E-state index >= 15 is 0 Å². The molecule has 0 amide bonds. The molecule has 0 fully saturated rings. The van der Waals surface area contributed by atoms with Gasteiger partial charge in [0.05, 0.1) is 31.2 Å².